The van der Waals surface area contributed by atoms with Crippen molar-refractivity contribution in [1.29, 1.82) is 0 Å². The molecule has 0 amide bonds. The molecule has 0 radical (unpaired) electrons. The van der Waals surface area contributed by atoms with Crippen LogP contribution in [0.5, 0.6) is 0 Å². The SMILES string of the molecule is CC1=[C-]CC=C1.[Cl-].[Cl-].[O]=[V+2]. The van der Waals surface area contributed by atoms with E-state index >= 15 is 0 Å². The van der Waals surface area contributed by atoms with E-state index in [0.29, 0.717) is 0 Å². The van der Waals surface area contributed by atoms with Crippen molar-refractivity contribution in [2.45, 2.75) is 13.3 Å². The van der Waals surface area contributed by atoms with Gasteiger partial charge in [0.05, 0.1) is 0 Å². The Labute approximate surface area is 83.0 Å². The van der Waals surface area contributed by atoms with Crippen molar-refractivity contribution in [3.63, 3.8) is 0 Å². The number of halogens is 2. The van der Waals surface area contributed by atoms with Crippen molar-refractivity contribution >= 4 is 0 Å². The van der Waals surface area contributed by atoms with E-state index in [1.807, 2.05) is 0 Å². The molecule has 0 aliphatic heterocycles. The maximum atomic E-state index is 8.19. The Bertz CT molecular complexity index is 120. The molecule has 0 saturated heterocycles. The first-order chi connectivity index (χ1) is 3.89. The van der Waals surface area contributed by atoms with Gasteiger partial charge >= 0.3 is 21.0 Å². The molecule has 10 heavy (non-hydrogen) atoms. The Kier molecular flexibility index (Phi) is 20.4. The van der Waals surface area contributed by atoms with Gasteiger partial charge in [0, 0.05) is 0 Å². The van der Waals surface area contributed by atoms with Crippen LogP contribution in [0.1, 0.15) is 13.3 Å². The molecule has 0 fully saturated rings. The van der Waals surface area contributed by atoms with Crippen LogP contribution in [0.15, 0.2) is 17.7 Å². The summed E-state index contributed by atoms with van der Waals surface area (Å²) >= 11 is 1.06. The fourth-order valence-corrected chi connectivity index (χ4v) is 0.515. The summed E-state index contributed by atoms with van der Waals surface area (Å²) in [5.74, 6) is 0. The molecule has 1 rings (SSSR count). The minimum absolute atomic E-state index is 0. The zero-order valence-corrected chi connectivity index (χ0v) is 8.38. The molecule has 1 aliphatic rings. The van der Waals surface area contributed by atoms with Gasteiger partial charge in [-0.3, -0.25) is 6.08 Å². The van der Waals surface area contributed by atoms with Crippen molar-refractivity contribution < 1.29 is 45.9 Å². The van der Waals surface area contributed by atoms with Gasteiger partial charge in [-0.25, -0.2) is 11.6 Å². The molecule has 0 bridgehead atoms. The summed E-state index contributed by atoms with van der Waals surface area (Å²) in [5, 5.41) is 0. The molecular formula is C6H7Cl2OV-. The zero-order chi connectivity index (χ0) is 6.41. The molecular weight excluding hydrogens is 210 g/mol. The Morgan fingerprint density at radius 1 is 1.50 bits per heavy atom. The molecule has 0 unspecified atom stereocenters. The standard InChI is InChI=1S/C6H7.2ClH.O.V/c1-6-4-2-3-5-6;;;;/h2,4H,3H2,1H3;2*1H;;/q-1;;;;+2/p-2. The van der Waals surface area contributed by atoms with Crippen molar-refractivity contribution in [1.82, 2.24) is 0 Å². The number of allylic oxidation sites excluding steroid dienone is 4. The number of hydrogen-bond acceptors (Lipinski definition) is 1. The normalized spacial score (nSPS) is 11.7. The van der Waals surface area contributed by atoms with Gasteiger partial charge in [-0.1, -0.05) is 6.92 Å². The average molecular weight is 217 g/mol. The van der Waals surface area contributed by atoms with Gasteiger partial charge in [0.15, 0.2) is 0 Å². The van der Waals surface area contributed by atoms with E-state index in [9.17, 15) is 0 Å². The molecule has 1 aliphatic carbocycles. The van der Waals surface area contributed by atoms with Crippen LogP contribution in [0.2, 0.25) is 0 Å². The van der Waals surface area contributed by atoms with E-state index in [4.69, 9.17) is 3.67 Å². The molecule has 0 heterocycles. The van der Waals surface area contributed by atoms with Gasteiger partial charge in [0.2, 0.25) is 0 Å². The third-order valence-electron chi connectivity index (χ3n) is 0.867. The van der Waals surface area contributed by atoms with E-state index in [2.05, 4.69) is 25.2 Å². The zero-order valence-electron chi connectivity index (χ0n) is 5.47. The monoisotopic (exact) mass is 216 g/mol. The van der Waals surface area contributed by atoms with Crippen LogP contribution in [-0.2, 0) is 21.0 Å². The van der Waals surface area contributed by atoms with Gasteiger partial charge in [0.1, 0.15) is 0 Å². The Morgan fingerprint density at radius 3 is 2.10 bits per heavy atom. The predicted octanol–water partition coefficient (Wildman–Crippen LogP) is -4.42. The third-order valence-corrected chi connectivity index (χ3v) is 0.867. The molecule has 0 aromatic rings. The number of rotatable bonds is 0. The maximum absolute atomic E-state index is 8.19. The summed E-state index contributed by atoms with van der Waals surface area (Å²) in [4.78, 5) is 0. The van der Waals surface area contributed by atoms with E-state index in [-0.39, 0.29) is 24.8 Å². The number of hydrogen-bond donors (Lipinski definition) is 0. The van der Waals surface area contributed by atoms with Crippen LogP contribution in [0.4, 0.5) is 0 Å². The second-order valence-electron chi connectivity index (χ2n) is 1.47. The van der Waals surface area contributed by atoms with Crippen LogP contribution in [0.25, 0.3) is 0 Å². The van der Waals surface area contributed by atoms with E-state index in [0.717, 1.165) is 23.8 Å². The summed E-state index contributed by atoms with van der Waals surface area (Å²) in [7, 11) is 0. The average Bonchev–Trinajstić information content (AvgIpc) is 2.24. The molecule has 57 valence electrons. The molecule has 0 atom stereocenters. The molecule has 4 heteroatoms. The Hall–Kier alpha value is 0.444. The first-order valence-corrected chi connectivity index (χ1v) is 2.89. The molecule has 0 spiro atoms. The molecule has 1 nitrogen and oxygen atoms in total. The third kappa shape index (κ3) is 8.44. The molecule has 0 saturated carbocycles. The van der Waals surface area contributed by atoms with Crippen molar-refractivity contribution in [2.75, 3.05) is 0 Å². The fraction of sp³-hybridized carbons (Fsp3) is 0.333. The summed E-state index contributed by atoms with van der Waals surface area (Å²) in [6.07, 6.45) is 8.33. The summed E-state index contributed by atoms with van der Waals surface area (Å²) < 4.78 is 8.19. The van der Waals surface area contributed by atoms with Gasteiger partial charge in [0.25, 0.3) is 0 Å². The Morgan fingerprint density at radius 2 is 2.00 bits per heavy atom. The molecule has 0 N–H and O–H groups in total. The van der Waals surface area contributed by atoms with Crippen LogP contribution in [0, 0.1) is 6.08 Å². The topological polar surface area (TPSA) is 17.1 Å². The summed E-state index contributed by atoms with van der Waals surface area (Å²) in [5.41, 5.74) is 1.27. The first kappa shape index (κ1) is 16.8. The van der Waals surface area contributed by atoms with Gasteiger partial charge < -0.3 is 24.8 Å². The van der Waals surface area contributed by atoms with Crippen molar-refractivity contribution in [3.05, 3.63) is 23.8 Å². The second-order valence-corrected chi connectivity index (χ2v) is 1.47. The molecule has 0 aromatic carbocycles. The summed E-state index contributed by atoms with van der Waals surface area (Å²) in [6.45, 7) is 2.06. The van der Waals surface area contributed by atoms with Gasteiger partial charge in [-0.05, 0) is 0 Å². The van der Waals surface area contributed by atoms with Crippen LogP contribution in [0.3, 0.4) is 0 Å². The van der Waals surface area contributed by atoms with Gasteiger partial charge in [-0.2, -0.15) is 6.08 Å². The fourth-order valence-electron chi connectivity index (χ4n) is 0.515. The van der Waals surface area contributed by atoms with Crippen molar-refractivity contribution in [3.8, 4) is 0 Å². The summed E-state index contributed by atoms with van der Waals surface area (Å²) in [6, 6.07) is 0. The van der Waals surface area contributed by atoms with E-state index in [1.165, 1.54) is 5.57 Å². The second kappa shape index (κ2) is 12.2. The quantitative estimate of drug-likeness (QED) is 0.374. The van der Waals surface area contributed by atoms with Gasteiger partial charge in [-0.15, -0.1) is 6.42 Å². The van der Waals surface area contributed by atoms with Crippen LogP contribution < -0.4 is 24.8 Å². The van der Waals surface area contributed by atoms with E-state index < -0.39 is 0 Å². The predicted molar refractivity (Wildman–Crippen MR) is 26.9 cm³/mol. The Balaban J connectivity index is -0.000000114. The molecule has 0 aromatic heterocycles. The van der Waals surface area contributed by atoms with E-state index in [1.54, 1.807) is 0 Å². The first-order valence-electron chi connectivity index (χ1n) is 2.32. The van der Waals surface area contributed by atoms with Crippen LogP contribution >= 0.6 is 0 Å². The minimum atomic E-state index is 0. The van der Waals surface area contributed by atoms with Crippen LogP contribution in [-0.4, -0.2) is 0 Å². The van der Waals surface area contributed by atoms with Crippen molar-refractivity contribution in [2.24, 2.45) is 0 Å².